The number of hydrogen-bond donors (Lipinski definition) is 1. The summed E-state index contributed by atoms with van der Waals surface area (Å²) in [7, 11) is 3.08. The van der Waals surface area contributed by atoms with Crippen molar-refractivity contribution in [2.24, 2.45) is 0 Å². The van der Waals surface area contributed by atoms with E-state index in [1.54, 1.807) is 30.8 Å². The predicted octanol–water partition coefficient (Wildman–Crippen LogP) is 6.07. The largest absolute Gasteiger partial charge is 0.493 e. The number of aromatic amines is 1. The summed E-state index contributed by atoms with van der Waals surface area (Å²) in [6.07, 6.45) is -4.16. The lowest BCUT2D eigenvalue weighted by Crippen LogP contribution is -2.15. The summed E-state index contributed by atoms with van der Waals surface area (Å²) in [5, 5.41) is 4.94. The van der Waals surface area contributed by atoms with Gasteiger partial charge in [0, 0.05) is 6.42 Å². The van der Waals surface area contributed by atoms with Gasteiger partial charge in [-0.3, -0.25) is 4.79 Å². The van der Waals surface area contributed by atoms with Crippen LogP contribution in [0.2, 0.25) is 0 Å². The number of alkyl halides is 3. The van der Waals surface area contributed by atoms with Gasteiger partial charge in [0.1, 0.15) is 16.9 Å². The van der Waals surface area contributed by atoms with Gasteiger partial charge in [0.05, 0.1) is 39.0 Å². The van der Waals surface area contributed by atoms with Crippen molar-refractivity contribution < 1.29 is 27.4 Å². The summed E-state index contributed by atoms with van der Waals surface area (Å²) < 4.78 is 57.6. The Balaban J connectivity index is 1.53. The van der Waals surface area contributed by atoms with E-state index >= 15 is 0 Å². The molecule has 1 atom stereocenters. The molecule has 2 heterocycles. The molecule has 2 aromatic heterocycles. The Labute approximate surface area is 239 Å². The number of halogens is 3. The summed E-state index contributed by atoms with van der Waals surface area (Å²) in [6, 6.07) is 19.3. The highest BCUT2D eigenvalue weighted by atomic mass is 19.4. The zero-order valence-electron chi connectivity index (χ0n) is 23.2. The topological polar surface area (TPSA) is 91.3 Å². The Hall–Kier alpha value is -4.64. The second-order valence-electron chi connectivity index (χ2n) is 9.74. The second kappa shape index (κ2) is 12.1. The Morgan fingerprint density at radius 3 is 2.29 bits per heavy atom. The summed E-state index contributed by atoms with van der Waals surface area (Å²) in [6.45, 7) is 2.14. The number of nitrogens with zero attached hydrogens (tertiary/aromatic N) is 3. The maximum absolute atomic E-state index is 13.4. The molecule has 5 rings (SSSR count). The molecule has 8 nitrogen and oxygen atoms in total. The lowest BCUT2D eigenvalue weighted by Gasteiger charge is -2.15. The smallest absolute Gasteiger partial charge is 0.416 e. The van der Waals surface area contributed by atoms with Crippen LogP contribution in [0.15, 0.2) is 77.6 Å². The van der Waals surface area contributed by atoms with Crippen molar-refractivity contribution in [2.45, 2.75) is 38.8 Å². The molecular formula is C31H29F3N4O4. The van der Waals surface area contributed by atoms with Crippen LogP contribution < -0.4 is 15.0 Å². The highest BCUT2D eigenvalue weighted by Crippen LogP contribution is 2.32. The minimum Gasteiger partial charge on any atom is -0.493 e. The fraction of sp³-hybridized carbons (Fsp3) is 0.258. The molecule has 0 aliphatic carbocycles. The summed E-state index contributed by atoms with van der Waals surface area (Å²) >= 11 is 0. The molecule has 0 aliphatic rings. The Bertz CT molecular complexity index is 1730. The maximum atomic E-state index is 13.4. The number of nitrogens with one attached hydrogen (secondary N) is 1. The molecular weight excluding hydrogens is 549 g/mol. The second-order valence-corrected chi connectivity index (χ2v) is 9.74. The molecule has 0 saturated carbocycles. The van der Waals surface area contributed by atoms with Crippen molar-refractivity contribution in [3.05, 3.63) is 117 Å². The van der Waals surface area contributed by atoms with Crippen LogP contribution in [0.1, 0.15) is 46.7 Å². The molecule has 0 fully saturated rings. The molecule has 1 N–H and O–H groups in total. The number of methoxy groups -OCH3 is 2. The summed E-state index contributed by atoms with van der Waals surface area (Å²) in [5.41, 5.74) is 1.91. The van der Waals surface area contributed by atoms with Crippen LogP contribution in [0.3, 0.4) is 0 Å². The molecule has 11 heteroatoms. The van der Waals surface area contributed by atoms with Crippen LogP contribution >= 0.6 is 0 Å². The third kappa shape index (κ3) is 6.15. The number of hydrogen-bond acceptors (Lipinski definition) is 6. The van der Waals surface area contributed by atoms with E-state index in [0.29, 0.717) is 40.8 Å². The SMILES string of the molecule is COc1ccc(Cc2nc3c(c(COCc4ccccc4)nn3C(C)c3ccc(C(F)(F)F)cc3)c(=O)[nH]2)cc1OC. The van der Waals surface area contributed by atoms with Gasteiger partial charge in [0.15, 0.2) is 17.1 Å². The van der Waals surface area contributed by atoms with Gasteiger partial charge in [-0.25, -0.2) is 9.67 Å². The molecule has 0 aliphatic heterocycles. The average molecular weight is 579 g/mol. The first-order valence-electron chi connectivity index (χ1n) is 13.2. The minimum absolute atomic E-state index is 0.0396. The van der Waals surface area contributed by atoms with Gasteiger partial charge in [-0.1, -0.05) is 48.5 Å². The van der Waals surface area contributed by atoms with Crippen LogP contribution in [-0.2, 0) is 30.5 Å². The standard InChI is InChI=1S/C31H29F3N4O4/c1-19(22-10-12-23(13-11-22)31(32,33)34)38-29-28(24(37-38)18-42-17-20-7-5-4-6-8-20)30(39)36-27(35-29)16-21-9-14-25(40-2)26(15-21)41-3/h4-15,19H,16-18H2,1-3H3,(H,35,36,39). The van der Waals surface area contributed by atoms with E-state index in [4.69, 9.17) is 19.2 Å². The van der Waals surface area contributed by atoms with E-state index < -0.39 is 17.8 Å². The third-order valence-corrected chi connectivity index (χ3v) is 6.94. The van der Waals surface area contributed by atoms with E-state index in [9.17, 15) is 18.0 Å². The molecule has 0 amide bonds. The maximum Gasteiger partial charge on any atom is 0.416 e. The molecule has 5 aromatic rings. The van der Waals surface area contributed by atoms with Gasteiger partial charge in [-0.15, -0.1) is 0 Å². The van der Waals surface area contributed by atoms with E-state index in [-0.39, 0.29) is 24.0 Å². The van der Waals surface area contributed by atoms with Gasteiger partial charge in [-0.05, 0) is 47.9 Å². The predicted molar refractivity (Wildman–Crippen MR) is 151 cm³/mol. The fourth-order valence-corrected chi connectivity index (χ4v) is 4.73. The Morgan fingerprint density at radius 1 is 0.905 bits per heavy atom. The lowest BCUT2D eigenvalue weighted by atomic mass is 10.1. The summed E-state index contributed by atoms with van der Waals surface area (Å²) in [5.74, 6) is 1.50. The minimum atomic E-state index is -4.45. The van der Waals surface area contributed by atoms with Crippen LogP contribution in [0.25, 0.3) is 11.0 Å². The Morgan fingerprint density at radius 2 is 1.62 bits per heavy atom. The average Bonchev–Trinajstić information content (AvgIpc) is 3.35. The van der Waals surface area contributed by atoms with Crippen molar-refractivity contribution in [1.82, 2.24) is 19.7 Å². The lowest BCUT2D eigenvalue weighted by molar-refractivity contribution is -0.137. The summed E-state index contributed by atoms with van der Waals surface area (Å²) in [4.78, 5) is 21.0. The van der Waals surface area contributed by atoms with Crippen molar-refractivity contribution in [2.75, 3.05) is 14.2 Å². The molecule has 1 unspecified atom stereocenters. The first-order valence-corrected chi connectivity index (χ1v) is 13.2. The van der Waals surface area contributed by atoms with Crippen LogP contribution in [-0.4, -0.2) is 34.0 Å². The van der Waals surface area contributed by atoms with Gasteiger partial charge in [0.25, 0.3) is 5.56 Å². The van der Waals surface area contributed by atoms with Crippen molar-refractivity contribution in [3.63, 3.8) is 0 Å². The van der Waals surface area contributed by atoms with E-state index in [2.05, 4.69) is 10.1 Å². The van der Waals surface area contributed by atoms with Gasteiger partial charge >= 0.3 is 6.18 Å². The number of fused-ring (bicyclic) bond motifs is 1. The first kappa shape index (κ1) is 28.9. The number of aromatic nitrogens is 4. The van der Waals surface area contributed by atoms with Crippen LogP contribution in [0.5, 0.6) is 11.5 Å². The van der Waals surface area contributed by atoms with Crippen molar-refractivity contribution in [1.29, 1.82) is 0 Å². The third-order valence-electron chi connectivity index (χ3n) is 6.94. The molecule has 42 heavy (non-hydrogen) atoms. The highest BCUT2D eigenvalue weighted by molar-refractivity contribution is 5.77. The molecule has 0 bridgehead atoms. The van der Waals surface area contributed by atoms with Crippen molar-refractivity contribution >= 4 is 11.0 Å². The van der Waals surface area contributed by atoms with E-state index in [0.717, 1.165) is 23.3 Å². The fourth-order valence-electron chi connectivity index (χ4n) is 4.73. The quantitative estimate of drug-likeness (QED) is 0.216. The number of rotatable bonds is 10. The number of benzene rings is 3. The van der Waals surface area contributed by atoms with Gasteiger partial charge < -0.3 is 19.2 Å². The molecule has 0 spiro atoms. The molecule has 218 valence electrons. The monoisotopic (exact) mass is 578 g/mol. The highest BCUT2D eigenvalue weighted by Gasteiger charge is 2.30. The number of ether oxygens (including phenoxy) is 3. The Kier molecular flexibility index (Phi) is 8.30. The number of H-pyrrole nitrogens is 1. The van der Waals surface area contributed by atoms with Crippen LogP contribution in [0, 0.1) is 0 Å². The van der Waals surface area contributed by atoms with E-state index in [1.165, 1.54) is 19.2 Å². The van der Waals surface area contributed by atoms with Crippen LogP contribution in [0.4, 0.5) is 13.2 Å². The molecule has 0 saturated heterocycles. The zero-order valence-corrected chi connectivity index (χ0v) is 23.2. The van der Waals surface area contributed by atoms with Gasteiger partial charge in [-0.2, -0.15) is 18.3 Å². The van der Waals surface area contributed by atoms with Crippen molar-refractivity contribution in [3.8, 4) is 11.5 Å². The first-order chi connectivity index (χ1) is 20.2. The zero-order chi connectivity index (χ0) is 29.9. The normalized spacial score (nSPS) is 12.4. The molecule has 0 radical (unpaired) electrons. The molecule has 3 aromatic carbocycles. The van der Waals surface area contributed by atoms with E-state index in [1.807, 2.05) is 36.4 Å². The van der Waals surface area contributed by atoms with Gasteiger partial charge in [0.2, 0.25) is 0 Å².